The van der Waals surface area contributed by atoms with Crippen LogP contribution in [0, 0.1) is 0 Å². The Kier molecular flexibility index (Phi) is 3.09. The van der Waals surface area contributed by atoms with Crippen LogP contribution < -0.4 is 5.73 Å². The van der Waals surface area contributed by atoms with E-state index >= 15 is 0 Å². The van der Waals surface area contributed by atoms with Crippen LogP contribution in [0.15, 0.2) is 0 Å². The molecule has 72 valence electrons. The molecule has 0 radical (unpaired) electrons. The van der Waals surface area contributed by atoms with E-state index in [2.05, 4.69) is 4.90 Å². The van der Waals surface area contributed by atoms with Crippen LogP contribution in [0.3, 0.4) is 0 Å². The van der Waals surface area contributed by atoms with Gasteiger partial charge in [-0.25, -0.2) is 8.42 Å². The van der Waals surface area contributed by atoms with Crippen LogP contribution >= 0.6 is 0 Å². The Bertz CT molecular complexity index is 238. The van der Waals surface area contributed by atoms with Crippen LogP contribution in [0.2, 0.25) is 0 Å². The summed E-state index contributed by atoms with van der Waals surface area (Å²) >= 11 is 0. The molecule has 0 spiro atoms. The molecule has 0 bridgehead atoms. The highest BCUT2D eigenvalue weighted by Crippen LogP contribution is 2.11. The molecule has 12 heavy (non-hydrogen) atoms. The summed E-state index contributed by atoms with van der Waals surface area (Å²) in [5.41, 5.74) is 5.39. The van der Waals surface area contributed by atoms with Crippen molar-refractivity contribution in [2.24, 2.45) is 5.73 Å². The summed E-state index contributed by atoms with van der Waals surface area (Å²) in [6.07, 6.45) is 0.774. The largest absolute Gasteiger partial charge is 0.330 e. The van der Waals surface area contributed by atoms with Crippen molar-refractivity contribution in [2.75, 3.05) is 31.6 Å². The highest BCUT2D eigenvalue weighted by molar-refractivity contribution is 7.91. The maximum atomic E-state index is 11.2. The van der Waals surface area contributed by atoms with Crippen molar-refractivity contribution in [1.29, 1.82) is 0 Å². The van der Waals surface area contributed by atoms with E-state index in [4.69, 9.17) is 5.73 Å². The molecule has 0 aliphatic carbocycles. The monoisotopic (exact) mass is 192 g/mol. The predicted octanol–water partition coefficient (Wildman–Crippen LogP) is -0.936. The Morgan fingerprint density at radius 1 is 1.58 bits per heavy atom. The summed E-state index contributed by atoms with van der Waals surface area (Å²) < 4.78 is 22.4. The second-order valence-corrected chi connectivity index (χ2v) is 5.55. The van der Waals surface area contributed by atoms with Crippen molar-refractivity contribution >= 4 is 9.84 Å². The van der Waals surface area contributed by atoms with Gasteiger partial charge in [0.05, 0.1) is 11.5 Å². The lowest BCUT2D eigenvalue weighted by atomic mass is 10.2. The lowest BCUT2D eigenvalue weighted by Crippen LogP contribution is -2.46. The van der Waals surface area contributed by atoms with Gasteiger partial charge in [0, 0.05) is 12.6 Å². The van der Waals surface area contributed by atoms with E-state index in [0.717, 1.165) is 6.42 Å². The molecule has 5 heteroatoms. The summed E-state index contributed by atoms with van der Waals surface area (Å²) in [5, 5.41) is 0. The molecule has 0 aromatic carbocycles. The molecule has 0 aromatic heterocycles. The molecule has 1 unspecified atom stereocenters. The minimum atomic E-state index is -2.78. The molecule has 1 fully saturated rings. The lowest BCUT2D eigenvalue weighted by molar-refractivity contribution is 0.253. The first-order valence-electron chi connectivity index (χ1n) is 4.16. The molecule has 0 aromatic rings. The highest BCUT2D eigenvalue weighted by atomic mass is 32.2. The molecule has 0 saturated carbocycles. The smallest absolute Gasteiger partial charge is 0.153 e. The molecule has 0 amide bonds. The molecule has 1 saturated heterocycles. The van der Waals surface area contributed by atoms with Crippen molar-refractivity contribution in [3.8, 4) is 0 Å². The van der Waals surface area contributed by atoms with Gasteiger partial charge < -0.3 is 10.6 Å². The molecular weight excluding hydrogens is 176 g/mol. The van der Waals surface area contributed by atoms with E-state index in [1.54, 1.807) is 0 Å². The fraction of sp³-hybridized carbons (Fsp3) is 1.00. The third-order valence-corrected chi connectivity index (χ3v) is 4.02. The van der Waals surface area contributed by atoms with Gasteiger partial charge >= 0.3 is 0 Å². The number of hydrogen-bond donors (Lipinski definition) is 1. The second kappa shape index (κ2) is 3.72. The first-order chi connectivity index (χ1) is 5.55. The zero-order valence-corrected chi connectivity index (χ0v) is 8.18. The SMILES string of the molecule is CN1CCS(=O)(=O)CC1CCN. The lowest BCUT2D eigenvalue weighted by Gasteiger charge is -2.31. The molecule has 1 atom stereocenters. The average molecular weight is 192 g/mol. The van der Waals surface area contributed by atoms with Crippen molar-refractivity contribution < 1.29 is 8.42 Å². The first kappa shape index (κ1) is 9.95. The van der Waals surface area contributed by atoms with Gasteiger partial charge in [-0.1, -0.05) is 0 Å². The van der Waals surface area contributed by atoms with Crippen molar-refractivity contribution in [1.82, 2.24) is 4.90 Å². The molecule has 4 nitrogen and oxygen atoms in total. The number of rotatable bonds is 2. The van der Waals surface area contributed by atoms with Crippen LogP contribution in [0.1, 0.15) is 6.42 Å². The van der Waals surface area contributed by atoms with Gasteiger partial charge in [0.2, 0.25) is 0 Å². The van der Waals surface area contributed by atoms with Gasteiger partial charge in [0.15, 0.2) is 9.84 Å². The van der Waals surface area contributed by atoms with E-state index < -0.39 is 9.84 Å². The van der Waals surface area contributed by atoms with Crippen LogP contribution in [0.4, 0.5) is 0 Å². The Hall–Kier alpha value is -0.130. The molecule has 1 heterocycles. The standard InChI is InChI=1S/C7H16N2O2S/c1-9-4-5-12(10,11)6-7(9)2-3-8/h7H,2-6,8H2,1H3. The first-order valence-corrected chi connectivity index (χ1v) is 5.98. The fourth-order valence-electron chi connectivity index (χ4n) is 1.47. The second-order valence-electron chi connectivity index (χ2n) is 3.33. The summed E-state index contributed by atoms with van der Waals surface area (Å²) in [4.78, 5) is 2.08. The Balaban J connectivity index is 2.59. The normalized spacial score (nSPS) is 30.3. The van der Waals surface area contributed by atoms with Gasteiger partial charge in [0.25, 0.3) is 0 Å². The quantitative estimate of drug-likeness (QED) is 0.613. The van der Waals surface area contributed by atoms with Gasteiger partial charge in [0.1, 0.15) is 0 Å². The van der Waals surface area contributed by atoms with E-state index in [0.29, 0.717) is 18.8 Å². The zero-order chi connectivity index (χ0) is 9.19. The number of hydrogen-bond acceptors (Lipinski definition) is 4. The molecular formula is C7H16N2O2S. The highest BCUT2D eigenvalue weighted by Gasteiger charge is 2.27. The van der Waals surface area contributed by atoms with E-state index in [1.165, 1.54) is 0 Å². The summed E-state index contributed by atoms with van der Waals surface area (Å²) in [6.45, 7) is 1.21. The van der Waals surface area contributed by atoms with Gasteiger partial charge in [-0.15, -0.1) is 0 Å². The van der Waals surface area contributed by atoms with Crippen molar-refractivity contribution in [3.63, 3.8) is 0 Å². The summed E-state index contributed by atoms with van der Waals surface area (Å²) in [6, 6.07) is 0.133. The minimum Gasteiger partial charge on any atom is -0.330 e. The molecule has 1 rings (SSSR count). The minimum absolute atomic E-state index is 0.133. The van der Waals surface area contributed by atoms with Crippen molar-refractivity contribution in [2.45, 2.75) is 12.5 Å². The zero-order valence-electron chi connectivity index (χ0n) is 7.36. The molecule has 2 N–H and O–H groups in total. The van der Waals surface area contributed by atoms with Crippen LogP contribution in [0.5, 0.6) is 0 Å². The average Bonchev–Trinajstić information content (AvgIpc) is 1.97. The third kappa shape index (κ3) is 2.43. The van der Waals surface area contributed by atoms with Crippen molar-refractivity contribution in [3.05, 3.63) is 0 Å². The predicted molar refractivity (Wildman–Crippen MR) is 48.7 cm³/mol. The maximum Gasteiger partial charge on any atom is 0.153 e. The Morgan fingerprint density at radius 2 is 2.25 bits per heavy atom. The van der Waals surface area contributed by atoms with E-state index in [1.807, 2.05) is 7.05 Å². The van der Waals surface area contributed by atoms with Crippen LogP contribution in [0.25, 0.3) is 0 Å². The summed E-state index contributed by atoms with van der Waals surface area (Å²) in [5.74, 6) is 0.575. The third-order valence-electron chi connectivity index (χ3n) is 2.32. The number of nitrogens with two attached hydrogens (primary N) is 1. The topological polar surface area (TPSA) is 63.4 Å². The van der Waals surface area contributed by atoms with E-state index in [9.17, 15) is 8.42 Å². The van der Waals surface area contributed by atoms with E-state index in [-0.39, 0.29) is 11.8 Å². The van der Waals surface area contributed by atoms with Gasteiger partial charge in [-0.2, -0.15) is 0 Å². The Labute approximate surface area is 73.6 Å². The molecule has 1 aliphatic rings. The van der Waals surface area contributed by atoms with Gasteiger partial charge in [-0.05, 0) is 20.0 Å². The molecule has 1 aliphatic heterocycles. The van der Waals surface area contributed by atoms with Gasteiger partial charge in [-0.3, -0.25) is 0 Å². The fourth-order valence-corrected chi connectivity index (χ4v) is 3.21. The Morgan fingerprint density at radius 3 is 2.83 bits per heavy atom. The van der Waals surface area contributed by atoms with Crippen LogP contribution in [-0.2, 0) is 9.84 Å². The number of sulfone groups is 1. The maximum absolute atomic E-state index is 11.2. The summed E-state index contributed by atoms with van der Waals surface area (Å²) in [7, 11) is -0.831. The van der Waals surface area contributed by atoms with Crippen LogP contribution in [-0.4, -0.2) is 51.0 Å². The number of nitrogens with zero attached hydrogens (tertiary/aromatic N) is 1.